The van der Waals surface area contributed by atoms with Gasteiger partial charge in [0.1, 0.15) is 6.73 Å². The summed E-state index contributed by atoms with van der Waals surface area (Å²) in [5, 5.41) is 0. The van der Waals surface area contributed by atoms with Crippen molar-refractivity contribution in [1.82, 2.24) is 9.80 Å². The monoisotopic (exact) mass is 320 g/mol. The van der Waals surface area contributed by atoms with E-state index in [0.29, 0.717) is 43.7 Å². The summed E-state index contributed by atoms with van der Waals surface area (Å²) in [5.74, 6) is 2.67. The van der Waals surface area contributed by atoms with Gasteiger partial charge in [-0.05, 0) is 50.0 Å². The minimum Gasteiger partial charge on any atom is -0.378 e. The second-order valence-corrected chi connectivity index (χ2v) is 8.54. The zero-order valence-electron chi connectivity index (χ0n) is 14.1. The Labute approximate surface area is 138 Å². The topological polar surface area (TPSA) is 42.0 Å². The van der Waals surface area contributed by atoms with Gasteiger partial charge in [0.05, 0.1) is 25.4 Å². The van der Waals surface area contributed by atoms with Crippen LogP contribution >= 0.6 is 0 Å². The van der Waals surface area contributed by atoms with Gasteiger partial charge in [-0.2, -0.15) is 0 Å². The molecular weight excluding hydrogens is 292 g/mol. The number of amides is 1. The molecule has 5 atom stereocenters. The zero-order valence-corrected chi connectivity index (χ0v) is 14.1. The number of carbonyl (C=O) groups excluding carboxylic acids is 1. The first kappa shape index (κ1) is 14.7. The molecule has 0 aromatic rings. The maximum Gasteiger partial charge on any atom is 0.228 e. The number of ether oxygens (including phenoxy) is 2. The van der Waals surface area contributed by atoms with Gasteiger partial charge in [-0.15, -0.1) is 0 Å². The Morgan fingerprint density at radius 2 is 2.00 bits per heavy atom. The molecule has 0 N–H and O–H groups in total. The van der Waals surface area contributed by atoms with Crippen LogP contribution in [0.4, 0.5) is 0 Å². The molecule has 0 bridgehead atoms. The van der Waals surface area contributed by atoms with Crippen LogP contribution in [-0.2, 0) is 14.3 Å². The van der Waals surface area contributed by atoms with Crippen molar-refractivity contribution in [1.29, 1.82) is 0 Å². The van der Waals surface area contributed by atoms with Gasteiger partial charge in [-0.3, -0.25) is 9.69 Å². The van der Waals surface area contributed by atoms with Gasteiger partial charge >= 0.3 is 0 Å². The summed E-state index contributed by atoms with van der Waals surface area (Å²) in [6.45, 7) is 6.91. The van der Waals surface area contributed by atoms with E-state index in [1.165, 1.54) is 25.7 Å². The summed E-state index contributed by atoms with van der Waals surface area (Å²) in [4.78, 5) is 17.6. The van der Waals surface area contributed by atoms with E-state index in [-0.39, 0.29) is 11.5 Å². The summed E-state index contributed by atoms with van der Waals surface area (Å²) < 4.78 is 11.8. The van der Waals surface area contributed by atoms with Crippen molar-refractivity contribution in [3.05, 3.63) is 0 Å². The average Bonchev–Trinajstić information content (AvgIpc) is 3.44. The molecule has 1 amide bonds. The van der Waals surface area contributed by atoms with Crippen molar-refractivity contribution in [2.24, 2.45) is 23.7 Å². The maximum absolute atomic E-state index is 13.0. The van der Waals surface area contributed by atoms with Crippen molar-refractivity contribution in [3.63, 3.8) is 0 Å². The third-order valence-electron chi connectivity index (χ3n) is 6.98. The van der Waals surface area contributed by atoms with E-state index in [1.54, 1.807) is 0 Å². The quantitative estimate of drug-likeness (QED) is 0.770. The van der Waals surface area contributed by atoms with Crippen LogP contribution in [0.3, 0.4) is 0 Å². The molecule has 3 unspecified atom stereocenters. The molecule has 5 rings (SSSR count). The smallest absolute Gasteiger partial charge is 0.228 e. The van der Waals surface area contributed by atoms with Crippen LogP contribution < -0.4 is 0 Å². The molecule has 5 heteroatoms. The predicted molar refractivity (Wildman–Crippen MR) is 84.7 cm³/mol. The Morgan fingerprint density at radius 1 is 1.17 bits per heavy atom. The standard InChI is InChI=1S/C18H28N2O3/c1-12-15(13-4-5-13)16(12)17(21)19-8-18(10-23-11-19)9-22-7-14-3-2-6-20(14)18/h12-16H,2-11H2,1H3/t12?,14-,15?,16?,18-/m0/s1. The fraction of sp³-hybridized carbons (Fsp3) is 0.944. The van der Waals surface area contributed by atoms with E-state index in [4.69, 9.17) is 9.47 Å². The molecular formula is C18H28N2O3. The molecule has 3 saturated heterocycles. The number of nitrogens with zero attached hydrogens (tertiary/aromatic N) is 2. The lowest BCUT2D eigenvalue weighted by atomic mass is 9.94. The lowest BCUT2D eigenvalue weighted by molar-refractivity contribution is -0.183. The summed E-state index contributed by atoms with van der Waals surface area (Å²) in [5.41, 5.74) is -0.0967. The van der Waals surface area contributed by atoms with Crippen LogP contribution in [0.2, 0.25) is 0 Å². The molecule has 128 valence electrons. The highest BCUT2D eigenvalue weighted by atomic mass is 16.5. The molecule has 0 aromatic carbocycles. The van der Waals surface area contributed by atoms with Gasteiger partial charge in [0.25, 0.3) is 0 Å². The summed E-state index contributed by atoms with van der Waals surface area (Å²) in [6, 6.07) is 0.529. The zero-order chi connectivity index (χ0) is 15.6. The van der Waals surface area contributed by atoms with E-state index < -0.39 is 0 Å². The van der Waals surface area contributed by atoms with Crippen LogP contribution in [0.5, 0.6) is 0 Å². The summed E-state index contributed by atoms with van der Waals surface area (Å²) >= 11 is 0. The van der Waals surface area contributed by atoms with Crippen LogP contribution in [0.25, 0.3) is 0 Å². The highest BCUT2D eigenvalue weighted by molar-refractivity contribution is 5.82. The minimum atomic E-state index is -0.0967. The maximum atomic E-state index is 13.0. The Balaban J connectivity index is 1.31. The summed E-state index contributed by atoms with van der Waals surface area (Å²) in [7, 11) is 0. The van der Waals surface area contributed by atoms with Crippen molar-refractivity contribution >= 4 is 5.91 Å². The Morgan fingerprint density at radius 3 is 2.83 bits per heavy atom. The van der Waals surface area contributed by atoms with Crippen molar-refractivity contribution < 1.29 is 14.3 Å². The van der Waals surface area contributed by atoms with E-state index >= 15 is 0 Å². The highest BCUT2D eigenvalue weighted by Gasteiger charge is 2.60. The number of hydrogen-bond acceptors (Lipinski definition) is 4. The van der Waals surface area contributed by atoms with Crippen molar-refractivity contribution in [2.75, 3.05) is 39.6 Å². The number of fused-ring (bicyclic) bond motifs is 2. The van der Waals surface area contributed by atoms with E-state index in [9.17, 15) is 4.79 Å². The van der Waals surface area contributed by atoms with Gasteiger partial charge in [0, 0.05) is 18.5 Å². The number of hydrogen-bond donors (Lipinski definition) is 0. The molecule has 1 spiro atoms. The molecule has 0 radical (unpaired) electrons. The van der Waals surface area contributed by atoms with Crippen LogP contribution in [-0.4, -0.2) is 66.9 Å². The first-order valence-electron chi connectivity index (χ1n) is 9.41. The predicted octanol–water partition coefficient (Wildman–Crippen LogP) is 1.33. The number of rotatable bonds is 2. The first-order valence-corrected chi connectivity index (χ1v) is 9.41. The molecule has 5 nitrogen and oxygen atoms in total. The lowest BCUT2D eigenvalue weighted by Gasteiger charge is -2.52. The minimum absolute atomic E-state index is 0.0967. The van der Waals surface area contributed by atoms with E-state index in [1.807, 2.05) is 4.90 Å². The van der Waals surface area contributed by atoms with E-state index in [0.717, 1.165) is 25.6 Å². The van der Waals surface area contributed by atoms with Gasteiger partial charge < -0.3 is 14.4 Å². The SMILES string of the molecule is CC1C(C(=O)N2COC[C@@]3(COC[C@@H]4CCCN43)C2)C1C1CC1. The Hall–Kier alpha value is -0.650. The van der Waals surface area contributed by atoms with Gasteiger partial charge in [-0.25, -0.2) is 0 Å². The average molecular weight is 320 g/mol. The van der Waals surface area contributed by atoms with Crippen LogP contribution in [0, 0.1) is 23.7 Å². The number of carbonyl (C=O) groups is 1. The van der Waals surface area contributed by atoms with E-state index in [2.05, 4.69) is 11.8 Å². The van der Waals surface area contributed by atoms with Crippen molar-refractivity contribution in [2.45, 2.75) is 44.2 Å². The van der Waals surface area contributed by atoms with Gasteiger partial charge in [-0.1, -0.05) is 6.92 Å². The van der Waals surface area contributed by atoms with Crippen molar-refractivity contribution in [3.8, 4) is 0 Å². The second-order valence-electron chi connectivity index (χ2n) is 8.54. The molecule has 2 aliphatic carbocycles. The normalized spacial score (nSPS) is 46.9. The second kappa shape index (κ2) is 5.17. The Kier molecular flexibility index (Phi) is 3.30. The largest absolute Gasteiger partial charge is 0.378 e. The molecule has 0 aromatic heterocycles. The fourth-order valence-corrected chi connectivity index (χ4v) is 5.59. The van der Waals surface area contributed by atoms with Crippen LogP contribution in [0.1, 0.15) is 32.6 Å². The highest BCUT2D eigenvalue weighted by Crippen LogP contribution is 2.59. The molecule has 2 saturated carbocycles. The van der Waals surface area contributed by atoms with Gasteiger partial charge in [0.15, 0.2) is 0 Å². The number of morpholine rings is 1. The lowest BCUT2D eigenvalue weighted by Crippen LogP contribution is -2.69. The summed E-state index contributed by atoms with van der Waals surface area (Å²) in [6.07, 6.45) is 5.14. The van der Waals surface area contributed by atoms with Crippen LogP contribution in [0.15, 0.2) is 0 Å². The molecule has 5 aliphatic rings. The molecule has 3 aliphatic heterocycles. The fourth-order valence-electron chi connectivity index (χ4n) is 5.59. The van der Waals surface area contributed by atoms with Gasteiger partial charge in [0.2, 0.25) is 5.91 Å². The third kappa shape index (κ3) is 2.27. The molecule has 5 fully saturated rings. The molecule has 3 heterocycles. The third-order valence-corrected chi connectivity index (χ3v) is 6.98. The Bertz CT molecular complexity index is 504. The first-order chi connectivity index (χ1) is 11.2. The molecule has 23 heavy (non-hydrogen) atoms.